The van der Waals surface area contributed by atoms with E-state index in [1.54, 1.807) is 0 Å². The molecule has 6 heteroatoms. The fourth-order valence-corrected chi connectivity index (χ4v) is 8.65. The standard InChI is InChI=1S/C23H30O4.CH4O2/c1-13-10-14-11-15(24)4-7-20(14,2)23-17(26-23)12-21(3)16(19(13)23)5-8-22(21)9-6-18(25)27-22;1-3-2/h11,13,16-17,19H,4-10,12H2,1-3H3;2H,1H3/t13-,16+,17?,19?,20+,21+,22-,23?;/m1./s1. The van der Waals surface area contributed by atoms with Crippen LogP contribution in [0.3, 0.4) is 0 Å². The van der Waals surface area contributed by atoms with Gasteiger partial charge in [0.2, 0.25) is 0 Å². The summed E-state index contributed by atoms with van der Waals surface area (Å²) in [6.45, 7) is 7.12. The molecule has 2 aliphatic heterocycles. The third-order valence-corrected chi connectivity index (χ3v) is 9.99. The average Bonchev–Trinajstić information content (AvgIpc) is 3.16. The number of hydrogen-bond acceptors (Lipinski definition) is 6. The van der Waals surface area contributed by atoms with Crippen molar-refractivity contribution in [3.63, 3.8) is 0 Å². The first-order valence-electron chi connectivity index (χ1n) is 11.5. The molecule has 6 aliphatic rings. The van der Waals surface area contributed by atoms with Gasteiger partial charge < -0.3 is 9.47 Å². The quantitative estimate of drug-likeness (QED) is 0.276. The molecule has 3 saturated carbocycles. The molecule has 2 saturated heterocycles. The summed E-state index contributed by atoms with van der Waals surface area (Å²) in [7, 11) is 1.18. The Bertz CT molecular complexity index is 821. The normalized spacial score (nSPS) is 52.9. The zero-order valence-corrected chi connectivity index (χ0v) is 18.5. The number of carbonyl (C=O) groups excluding carboxylic acids is 2. The Labute approximate surface area is 178 Å². The molecular weight excluding hydrogens is 384 g/mol. The average molecular weight is 419 g/mol. The van der Waals surface area contributed by atoms with E-state index >= 15 is 0 Å². The van der Waals surface area contributed by atoms with Crippen LogP contribution in [0.25, 0.3) is 0 Å². The Balaban J connectivity index is 0.000000609. The topological polar surface area (TPSA) is 85.4 Å². The lowest BCUT2D eigenvalue weighted by atomic mass is 9.44. The first kappa shape index (κ1) is 20.7. The van der Waals surface area contributed by atoms with Gasteiger partial charge in [0.15, 0.2) is 5.78 Å². The molecule has 8 atom stereocenters. The summed E-state index contributed by atoms with van der Waals surface area (Å²) in [5, 5.41) is 7.07. The van der Waals surface area contributed by atoms with E-state index in [0.717, 1.165) is 38.5 Å². The van der Waals surface area contributed by atoms with Crippen LogP contribution in [0.4, 0.5) is 0 Å². The molecule has 0 amide bonds. The van der Waals surface area contributed by atoms with Gasteiger partial charge in [-0.2, -0.15) is 0 Å². The van der Waals surface area contributed by atoms with E-state index < -0.39 is 0 Å². The summed E-state index contributed by atoms with van der Waals surface area (Å²) >= 11 is 0. The highest BCUT2D eigenvalue weighted by molar-refractivity contribution is 5.92. The highest BCUT2D eigenvalue weighted by atomic mass is 17.1. The van der Waals surface area contributed by atoms with Crippen LogP contribution in [0.5, 0.6) is 0 Å². The summed E-state index contributed by atoms with van der Waals surface area (Å²) in [5.41, 5.74) is 1.03. The van der Waals surface area contributed by atoms with E-state index in [4.69, 9.17) is 14.7 Å². The second kappa shape index (κ2) is 6.39. The number of rotatable bonds is 0. The summed E-state index contributed by atoms with van der Waals surface area (Å²) in [6.07, 6.45) is 9.43. The molecule has 3 unspecified atom stereocenters. The molecule has 30 heavy (non-hydrogen) atoms. The second-order valence-electron chi connectivity index (χ2n) is 11.0. The predicted molar refractivity (Wildman–Crippen MR) is 108 cm³/mol. The Morgan fingerprint density at radius 2 is 1.90 bits per heavy atom. The van der Waals surface area contributed by atoms with Gasteiger partial charge in [-0.25, -0.2) is 4.89 Å². The lowest BCUT2D eigenvalue weighted by molar-refractivity contribution is -0.214. The molecule has 0 aromatic carbocycles. The van der Waals surface area contributed by atoms with Crippen molar-refractivity contribution in [3.8, 4) is 0 Å². The van der Waals surface area contributed by atoms with E-state index in [9.17, 15) is 9.59 Å². The molecule has 0 radical (unpaired) electrons. The van der Waals surface area contributed by atoms with Crippen molar-refractivity contribution in [2.45, 2.75) is 89.4 Å². The Morgan fingerprint density at radius 1 is 1.17 bits per heavy atom. The minimum atomic E-state index is -0.258. The minimum absolute atomic E-state index is 0.00614. The van der Waals surface area contributed by atoms with Crippen molar-refractivity contribution in [3.05, 3.63) is 11.6 Å². The molecule has 4 aliphatic carbocycles. The van der Waals surface area contributed by atoms with Gasteiger partial charge in [-0.1, -0.05) is 26.3 Å². The van der Waals surface area contributed by atoms with Crippen LogP contribution >= 0.6 is 0 Å². The van der Waals surface area contributed by atoms with Crippen LogP contribution in [-0.4, -0.2) is 41.4 Å². The first-order valence-corrected chi connectivity index (χ1v) is 11.5. The summed E-state index contributed by atoms with van der Waals surface area (Å²) in [5.74, 6) is 1.85. The number of epoxide rings is 1. The first-order chi connectivity index (χ1) is 14.2. The Hall–Kier alpha value is -1.24. The maximum atomic E-state index is 12.1. The van der Waals surface area contributed by atoms with Crippen LogP contribution in [0.15, 0.2) is 11.6 Å². The van der Waals surface area contributed by atoms with Crippen molar-refractivity contribution < 1.29 is 29.2 Å². The largest absolute Gasteiger partial charge is 0.458 e. The Kier molecular flexibility index (Phi) is 4.40. The van der Waals surface area contributed by atoms with Crippen molar-refractivity contribution in [2.24, 2.45) is 28.6 Å². The van der Waals surface area contributed by atoms with Crippen LogP contribution in [0.2, 0.25) is 0 Å². The predicted octanol–water partition coefficient (Wildman–Crippen LogP) is 4.08. The molecule has 1 N–H and O–H groups in total. The zero-order chi connectivity index (χ0) is 21.5. The maximum absolute atomic E-state index is 12.1. The van der Waals surface area contributed by atoms with Crippen LogP contribution in [0.1, 0.15) is 72.1 Å². The van der Waals surface area contributed by atoms with E-state index in [0.29, 0.717) is 36.4 Å². The van der Waals surface area contributed by atoms with Gasteiger partial charge in [0.25, 0.3) is 0 Å². The van der Waals surface area contributed by atoms with Gasteiger partial charge in [-0.15, -0.1) is 0 Å². The smallest absolute Gasteiger partial charge is 0.306 e. The van der Waals surface area contributed by atoms with Gasteiger partial charge >= 0.3 is 5.97 Å². The molecule has 0 aromatic heterocycles. The maximum Gasteiger partial charge on any atom is 0.306 e. The van der Waals surface area contributed by atoms with Crippen molar-refractivity contribution in [1.82, 2.24) is 0 Å². The van der Waals surface area contributed by atoms with Crippen LogP contribution < -0.4 is 0 Å². The van der Waals surface area contributed by atoms with Gasteiger partial charge in [0, 0.05) is 23.7 Å². The molecule has 5 fully saturated rings. The second-order valence-corrected chi connectivity index (χ2v) is 11.0. The van der Waals surface area contributed by atoms with Gasteiger partial charge in [0.1, 0.15) is 11.2 Å². The van der Waals surface area contributed by atoms with Crippen molar-refractivity contribution >= 4 is 11.8 Å². The highest BCUT2D eigenvalue weighted by Crippen LogP contribution is 2.78. The SMILES string of the molecule is COO.C[C@@H]1CC2=CC(=O)CC[C@]2(C)C23OC2C[C@@]2(C)[C@@H](CC[C@@]24CCC(=O)O4)C13. The number of hydrogen-bond donors (Lipinski definition) is 1. The third-order valence-electron chi connectivity index (χ3n) is 9.99. The number of esters is 1. The van der Waals surface area contributed by atoms with E-state index in [1.807, 2.05) is 6.08 Å². The lowest BCUT2D eigenvalue weighted by Crippen LogP contribution is -2.61. The van der Waals surface area contributed by atoms with Crippen LogP contribution in [-0.2, 0) is 24.0 Å². The molecule has 6 rings (SSSR count). The summed E-state index contributed by atoms with van der Waals surface area (Å²) < 4.78 is 12.7. The fourth-order valence-electron chi connectivity index (χ4n) is 8.65. The summed E-state index contributed by atoms with van der Waals surface area (Å²) in [6, 6.07) is 0. The molecular formula is C24H34O6. The lowest BCUT2D eigenvalue weighted by Gasteiger charge is -2.58. The van der Waals surface area contributed by atoms with E-state index in [1.165, 1.54) is 12.7 Å². The molecule has 0 bridgehead atoms. The number of carbonyl (C=O) groups is 2. The van der Waals surface area contributed by atoms with Crippen molar-refractivity contribution in [2.75, 3.05) is 7.11 Å². The number of ketones is 1. The fraction of sp³-hybridized carbons (Fsp3) is 0.833. The van der Waals surface area contributed by atoms with Gasteiger partial charge in [-0.05, 0) is 62.4 Å². The summed E-state index contributed by atoms with van der Waals surface area (Å²) in [4.78, 5) is 27.4. The van der Waals surface area contributed by atoms with E-state index in [-0.39, 0.29) is 34.1 Å². The molecule has 166 valence electrons. The zero-order valence-electron chi connectivity index (χ0n) is 18.5. The number of ether oxygens (including phenoxy) is 2. The third kappa shape index (κ3) is 2.31. The monoisotopic (exact) mass is 418 g/mol. The minimum Gasteiger partial charge on any atom is -0.458 e. The van der Waals surface area contributed by atoms with Gasteiger partial charge in [-0.3, -0.25) is 14.8 Å². The molecule has 2 spiro atoms. The molecule has 6 nitrogen and oxygen atoms in total. The van der Waals surface area contributed by atoms with Crippen LogP contribution in [0, 0.1) is 28.6 Å². The number of fused-ring (bicyclic) bond motifs is 4. The van der Waals surface area contributed by atoms with Crippen molar-refractivity contribution in [1.29, 1.82) is 0 Å². The van der Waals surface area contributed by atoms with Gasteiger partial charge in [0.05, 0.1) is 13.2 Å². The highest BCUT2D eigenvalue weighted by Gasteiger charge is 2.82. The molecule has 0 aromatic rings. The molecule has 2 heterocycles. The Morgan fingerprint density at radius 3 is 2.57 bits per heavy atom. The van der Waals surface area contributed by atoms with E-state index in [2.05, 4.69) is 25.7 Å².